The van der Waals surface area contributed by atoms with Gasteiger partial charge in [-0.25, -0.2) is 0 Å². The number of ether oxygens (including phenoxy) is 1. The van der Waals surface area contributed by atoms with Gasteiger partial charge < -0.3 is 15.0 Å². The number of anilines is 1. The Morgan fingerprint density at radius 2 is 1.95 bits per heavy atom. The van der Waals surface area contributed by atoms with Crippen molar-refractivity contribution in [3.8, 4) is 0 Å². The Balaban J connectivity index is 2.49. The number of nitrogens with zero attached hydrogens (tertiary/aromatic N) is 1. The predicted octanol–water partition coefficient (Wildman–Crippen LogP) is 2.15. The minimum absolute atomic E-state index is 0.116. The van der Waals surface area contributed by atoms with Crippen molar-refractivity contribution in [1.29, 1.82) is 0 Å². The lowest BCUT2D eigenvalue weighted by atomic mass is 10.1. The lowest BCUT2D eigenvalue weighted by Crippen LogP contribution is -2.23. The summed E-state index contributed by atoms with van der Waals surface area (Å²) in [5.74, 6) is 0.116. The van der Waals surface area contributed by atoms with Crippen LogP contribution >= 0.6 is 0 Å². The summed E-state index contributed by atoms with van der Waals surface area (Å²) < 4.78 is 5.36. The molecule has 0 radical (unpaired) electrons. The van der Waals surface area contributed by atoms with Crippen molar-refractivity contribution in [2.45, 2.75) is 26.3 Å². The lowest BCUT2D eigenvalue weighted by Gasteiger charge is -2.15. The molecular weight excluding hydrogens is 240 g/mol. The standard InChI is InChI=1S/C15H24N2O2/c1-5-19-11-12(2)16-14-8-6-13(7-9-14)10-15(18)17(3)4/h6-9,12,16H,5,10-11H2,1-4H3. The van der Waals surface area contributed by atoms with Crippen molar-refractivity contribution in [3.63, 3.8) is 0 Å². The molecule has 4 nitrogen and oxygen atoms in total. The summed E-state index contributed by atoms with van der Waals surface area (Å²) in [7, 11) is 3.54. The average molecular weight is 264 g/mol. The van der Waals surface area contributed by atoms with Crippen molar-refractivity contribution >= 4 is 11.6 Å². The highest BCUT2D eigenvalue weighted by atomic mass is 16.5. The maximum Gasteiger partial charge on any atom is 0.226 e. The molecule has 0 aliphatic carbocycles. The van der Waals surface area contributed by atoms with E-state index in [0.29, 0.717) is 13.0 Å². The van der Waals surface area contributed by atoms with Gasteiger partial charge in [-0.1, -0.05) is 12.1 Å². The maximum atomic E-state index is 11.6. The molecule has 0 aliphatic rings. The molecule has 0 bridgehead atoms. The van der Waals surface area contributed by atoms with E-state index in [-0.39, 0.29) is 11.9 Å². The molecule has 1 rings (SSSR count). The first-order chi connectivity index (χ1) is 9.02. The summed E-state index contributed by atoms with van der Waals surface area (Å²) in [5.41, 5.74) is 2.08. The number of nitrogens with one attached hydrogen (secondary N) is 1. The third-order valence-electron chi connectivity index (χ3n) is 2.79. The molecule has 4 heteroatoms. The highest BCUT2D eigenvalue weighted by molar-refractivity contribution is 5.78. The van der Waals surface area contributed by atoms with E-state index >= 15 is 0 Å². The topological polar surface area (TPSA) is 41.6 Å². The first-order valence-electron chi connectivity index (χ1n) is 6.66. The maximum absolute atomic E-state index is 11.6. The lowest BCUT2D eigenvalue weighted by molar-refractivity contribution is -0.127. The van der Waals surface area contributed by atoms with Gasteiger partial charge in [-0.15, -0.1) is 0 Å². The molecule has 1 unspecified atom stereocenters. The zero-order valence-corrected chi connectivity index (χ0v) is 12.3. The van der Waals surface area contributed by atoms with E-state index in [4.69, 9.17) is 4.74 Å². The summed E-state index contributed by atoms with van der Waals surface area (Å²) in [6, 6.07) is 8.24. The summed E-state index contributed by atoms with van der Waals surface area (Å²) in [4.78, 5) is 13.2. The van der Waals surface area contributed by atoms with Gasteiger partial charge in [-0.3, -0.25) is 4.79 Å². The fourth-order valence-electron chi connectivity index (χ4n) is 1.67. The number of benzene rings is 1. The first kappa shape index (κ1) is 15.5. The van der Waals surface area contributed by atoms with Crippen LogP contribution in [-0.2, 0) is 16.0 Å². The van der Waals surface area contributed by atoms with Crippen molar-refractivity contribution in [2.24, 2.45) is 0 Å². The van der Waals surface area contributed by atoms with E-state index in [0.717, 1.165) is 17.9 Å². The van der Waals surface area contributed by atoms with Gasteiger partial charge in [0.25, 0.3) is 0 Å². The molecule has 19 heavy (non-hydrogen) atoms. The molecule has 1 aromatic carbocycles. The second-order valence-corrected chi connectivity index (χ2v) is 4.87. The minimum Gasteiger partial charge on any atom is -0.380 e. The third-order valence-corrected chi connectivity index (χ3v) is 2.79. The fourth-order valence-corrected chi connectivity index (χ4v) is 1.67. The van der Waals surface area contributed by atoms with Gasteiger partial charge in [0, 0.05) is 32.4 Å². The van der Waals surface area contributed by atoms with Crippen molar-refractivity contribution < 1.29 is 9.53 Å². The molecule has 1 N–H and O–H groups in total. The van der Waals surface area contributed by atoms with Gasteiger partial charge in [-0.05, 0) is 31.5 Å². The summed E-state index contributed by atoms with van der Waals surface area (Å²) in [5, 5.41) is 3.36. The molecule has 0 aliphatic heterocycles. The number of amides is 1. The quantitative estimate of drug-likeness (QED) is 0.820. The Bertz CT molecular complexity index is 388. The van der Waals surface area contributed by atoms with Crippen LogP contribution in [0.1, 0.15) is 19.4 Å². The molecule has 0 saturated heterocycles. The minimum atomic E-state index is 0.116. The zero-order chi connectivity index (χ0) is 14.3. The number of likely N-dealkylation sites (N-methyl/N-ethyl adjacent to an activating group) is 1. The van der Waals surface area contributed by atoms with E-state index in [1.165, 1.54) is 0 Å². The summed E-state index contributed by atoms with van der Waals surface area (Å²) >= 11 is 0. The second-order valence-electron chi connectivity index (χ2n) is 4.87. The average Bonchev–Trinajstić information content (AvgIpc) is 2.38. The van der Waals surface area contributed by atoms with Gasteiger partial charge in [0.1, 0.15) is 0 Å². The molecule has 1 amide bonds. The van der Waals surface area contributed by atoms with Crippen LogP contribution in [0, 0.1) is 0 Å². The smallest absolute Gasteiger partial charge is 0.226 e. The Morgan fingerprint density at radius 3 is 2.47 bits per heavy atom. The van der Waals surface area contributed by atoms with Gasteiger partial charge in [-0.2, -0.15) is 0 Å². The number of carbonyl (C=O) groups excluding carboxylic acids is 1. The monoisotopic (exact) mass is 264 g/mol. The van der Waals surface area contributed by atoms with Crippen LogP contribution in [0.2, 0.25) is 0 Å². The predicted molar refractivity (Wildman–Crippen MR) is 78.4 cm³/mol. The van der Waals surface area contributed by atoms with Crippen LogP contribution in [0.15, 0.2) is 24.3 Å². The SMILES string of the molecule is CCOCC(C)Nc1ccc(CC(=O)N(C)C)cc1. The van der Waals surface area contributed by atoms with Crippen molar-refractivity contribution in [1.82, 2.24) is 4.90 Å². The van der Waals surface area contributed by atoms with E-state index in [1.54, 1.807) is 19.0 Å². The molecule has 0 saturated carbocycles. The van der Waals surface area contributed by atoms with E-state index in [9.17, 15) is 4.79 Å². The van der Waals surface area contributed by atoms with E-state index in [1.807, 2.05) is 31.2 Å². The van der Waals surface area contributed by atoms with Crippen molar-refractivity contribution in [2.75, 3.05) is 32.6 Å². The van der Waals surface area contributed by atoms with Gasteiger partial charge in [0.2, 0.25) is 5.91 Å². The van der Waals surface area contributed by atoms with Gasteiger partial charge >= 0.3 is 0 Å². The Morgan fingerprint density at radius 1 is 1.32 bits per heavy atom. The molecule has 0 aromatic heterocycles. The molecule has 0 fully saturated rings. The highest BCUT2D eigenvalue weighted by Gasteiger charge is 2.06. The van der Waals surface area contributed by atoms with Crippen LogP contribution in [0.3, 0.4) is 0 Å². The fraction of sp³-hybridized carbons (Fsp3) is 0.533. The summed E-state index contributed by atoms with van der Waals surface area (Å²) in [6.07, 6.45) is 0.446. The Kier molecular flexibility index (Phi) is 6.36. The van der Waals surface area contributed by atoms with Crippen LogP contribution in [0.4, 0.5) is 5.69 Å². The van der Waals surface area contributed by atoms with Crippen LogP contribution < -0.4 is 5.32 Å². The van der Waals surface area contributed by atoms with Crippen LogP contribution in [0.25, 0.3) is 0 Å². The zero-order valence-electron chi connectivity index (χ0n) is 12.3. The number of carbonyl (C=O) groups is 1. The third kappa shape index (κ3) is 5.75. The Hall–Kier alpha value is -1.55. The number of hydrogen-bond donors (Lipinski definition) is 1. The summed E-state index contributed by atoms with van der Waals surface area (Å²) in [6.45, 7) is 5.50. The molecule has 0 heterocycles. The van der Waals surface area contributed by atoms with Gasteiger partial charge in [0.05, 0.1) is 13.0 Å². The number of rotatable bonds is 7. The van der Waals surface area contributed by atoms with E-state index in [2.05, 4.69) is 12.2 Å². The molecule has 0 spiro atoms. The molecule has 1 aromatic rings. The molecular formula is C15H24N2O2. The first-order valence-corrected chi connectivity index (χ1v) is 6.66. The van der Waals surface area contributed by atoms with Gasteiger partial charge in [0.15, 0.2) is 0 Å². The van der Waals surface area contributed by atoms with Crippen molar-refractivity contribution in [3.05, 3.63) is 29.8 Å². The van der Waals surface area contributed by atoms with E-state index < -0.39 is 0 Å². The molecule has 106 valence electrons. The Labute approximate surface area is 115 Å². The number of hydrogen-bond acceptors (Lipinski definition) is 3. The normalized spacial score (nSPS) is 12.0. The van der Waals surface area contributed by atoms with Crippen LogP contribution in [-0.4, -0.2) is 44.2 Å². The second kappa shape index (κ2) is 7.79. The van der Waals surface area contributed by atoms with Crippen LogP contribution in [0.5, 0.6) is 0 Å². The highest BCUT2D eigenvalue weighted by Crippen LogP contribution is 2.12. The molecule has 1 atom stereocenters. The largest absolute Gasteiger partial charge is 0.380 e.